The van der Waals surface area contributed by atoms with Crippen molar-refractivity contribution in [1.82, 2.24) is 10.2 Å². The van der Waals surface area contributed by atoms with Crippen LogP contribution in [0.2, 0.25) is 0 Å². The average molecular weight is 269 g/mol. The van der Waals surface area contributed by atoms with Crippen molar-refractivity contribution >= 4 is 5.91 Å². The molecule has 0 atom stereocenters. The van der Waals surface area contributed by atoms with Gasteiger partial charge in [-0.05, 0) is 43.0 Å². The molecule has 1 amide bonds. The third-order valence-corrected chi connectivity index (χ3v) is 4.57. The van der Waals surface area contributed by atoms with Crippen molar-refractivity contribution in [2.24, 2.45) is 5.41 Å². The molecule has 4 nitrogen and oxygen atoms in total. The molecule has 2 aliphatic heterocycles. The molecule has 1 aromatic carbocycles. The van der Waals surface area contributed by atoms with E-state index in [0.29, 0.717) is 18.5 Å². The molecule has 3 rings (SSSR count). The molecule has 2 saturated heterocycles. The Balaban J connectivity index is 1.75. The lowest BCUT2D eigenvalue weighted by molar-refractivity contribution is -0.128. The highest BCUT2D eigenvalue weighted by Crippen LogP contribution is 2.39. The summed E-state index contributed by atoms with van der Waals surface area (Å²) in [7, 11) is 0. The minimum absolute atomic E-state index is 0.171. The number of benzene rings is 1. The number of likely N-dealkylation sites (tertiary alicyclic amines) is 1. The predicted molar refractivity (Wildman–Crippen MR) is 75.7 cm³/mol. The van der Waals surface area contributed by atoms with E-state index in [2.05, 4.69) is 11.4 Å². The summed E-state index contributed by atoms with van der Waals surface area (Å²) < 4.78 is 0. The van der Waals surface area contributed by atoms with E-state index in [-0.39, 0.29) is 11.3 Å². The van der Waals surface area contributed by atoms with Crippen LogP contribution in [0.15, 0.2) is 24.3 Å². The maximum absolute atomic E-state index is 12.3. The number of amides is 1. The molecule has 104 valence electrons. The van der Waals surface area contributed by atoms with Crippen LogP contribution in [0.1, 0.15) is 30.4 Å². The van der Waals surface area contributed by atoms with Gasteiger partial charge in [0.2, 0.25) is 5.91 Å². The van der Waals surface area contributed by atoms with Crippen LogP contribution in [0.25, 0.3) is 0 Å². The highest BCUT2D eigenvalue weighted by Gasteiger charge is 2.43. The Labute approximate surface area is 119 Å². The van der Waals surface area contributed by atoms with Crippen molar-refractivity contribution in [3.8, 4) is 6.07 Å². The van der Waals surface area contributed by atoms with Crippen LogP contribution in [0.3, 0.4) is 0 Å². The van der Waals surface area contributed by atoms with Gasteiger partial charge in [0.1, 0.15) is 0 Å². The number of carbonyl (C=O) groups excluding carboxylic acids is 1. The fourth-order valence-corrected chi connectivity index (χ4v) is 3.39. The Hall–Kier alpha value is -1.86. The molecule has 0 aromatic heterocycles. The van der Waals surface area contributed by atoms with Crippen molar-refractivity contribution in [2.45, 2.75) is 25.8 Å². The van der Waals surface area contributed by atoms with Gasteiger partial charge in [-0.2, -0.15) is 5.26 Å². The van der Waals surface area contributed by atoms with E-state index in [4.69, 9.17) is 5.26 Å². The van der Waals surface area contributed by atoms with Gasteiger partial charge < -0.3 is 10.2 Å². The second-order valence-electron chi connectivity index (χ2n) is 5.95. The first-order valence-electron chi connectivity index (χ1n) is 7.19. The summed E-state index contributed by atoms with van der Waals surface area (Å²) in [6.07, 6.45) is 2.83. The van der Waals surface area contributed by atoms with E-state index < -0.39 is 0 Å². The van der Waals surface area contributed by atoms with Gasteiger partial charge in [-0.25, -0.2) is 0 Å². The fraction of sp³-hybridized carbons (Fsp3) is 0.500. The summed E-state index contributed by atoms with van der Waals surface area (Å²) >= 11 is 0. The molecule has 1 spiro atoms. The smallest absolute Gasteiger partial charge is 0.223 e. The molecule has 1 N–H and O–H groups in total. The third-order valence-electron chi connectivity index (χ3n) is 4.57. The van der Waals surface area contributed by atoms with Crippen LogP contribution < -0.4 is 5.32 Å². The van der Waals surface area contributed by atoms with Gasteiger partial charge in [0.15, 0.2) is 0 Å². The standard InChI is InChI=1S/C16H19N3O/c17-10-13-3-1-2-4-14(13)11-19-12-16(9-15(19)20)5-7-18-8-6-16/h1-4,18H,5-9,11-12H2. The van der Waals surface area contributed by atoms with Crippen LogP contribution in [0.4, 0.5) is 0 Å². The molecule has 0 radical (unpaired) electrons. The summed E-state index contributed by atoms with van der Waals surface area (Å²) in [4.78, 5) is 14.2. The molecule has 4 heteroatoms. The number of hydrogen-bond donors (Lipinski definition) is 1. The lowest BCUT2D eigenvalue weighted by atomic mass is 9.78. The summed E-state index contributed by atoms with van der Waals surface area (Å²) in [6.45, 7) is 3.43. The average Bonchev–Trinajstić information content (AvgIpc) is 2.76. The zero-order chi connectivity index (χ0) is 14.0. The SMILES string of the molecule is N#Cc1ccccc1CN1CC2(CCNCC2)CC1=O. The highest BCUT2D eigenvalue weighted by atomic mass is 16.2. The van der Waals surface area contributed by atoms with Crippen molar-refractivity contribution in [3.63, 3.8) is 0 Å². The Bertz CT molecular complexity index is 555. The number of hydrogen-bond acceptors (Lipinski definition) is 3. The maximum atomic E-state index is 12.3. The second-order valence-corrected chi connectivity index (χ2v) is 5.95. The number of nitrogens with zero attached hydrogens (tertiary/aromatic N) is 2. The molecular weight excluding hydrogens is 250 g/mol. The van der Waals surface area contributed by atoms with Crippen molar-refractivity contribution in [3.05, 3.63) is 35.4 Å². The quantitative estimate of drug-likeness (QED) is 0.888. The van der Waals surface area contributed by atoms with Crippen LogP contribution in [-0.4, -0.2) is 30.4 Å². The summed E-state index contributed by atoms with van der Waals surface area (Å²) in [5.41, 5.74) is 1.80. The van der Waals surface area contributed by atoms with Crippen molar-refractivity contribution in [2.75, 3.05) is 19.6 Å². The van der Waals surface area contributed by atoms with E-state index in [1.807, 2.05) is 29.2 Å². The third kappa shape index (κ3) is 2.41. The monoisotopic (exact) mass is 269 g/mol. The van der Waals surface area contributed by atoms with Crippen LogP contribution in [-0.2, 0) is 11.3 Å². The number of rotatable bonds is 2. The first-order valence-corrected chi connectivity index (χ1v) is 7.19. The van der Waals surface area contributed by atoms with Gasteiger partial charge in [0, 0.05) is 19.5 Å². The fourth-order valence-electron chi connectivity index (χ4n) is 3.39. The normalized spacial score (nSPS) is 21.1. The first-order chi connectivity index (χ1) is 9.72. The number of carbonyl (C=O) groups is 1. The van der Waals surface area contributed by atoms with Crippen LogP contribution in [0.5, 0.6) is 0 Å². The molecule has 2 aliphatic rings. The minimum Gasteiger partial charge on any atom is -0.338 e. The van der Waals surface area contributed by atoms with E-state index >= 15 is 0 Å². The number of nitriles is 1. The number of nitrogens with one attached hydrogen (secondary N) is 1. The summed E-state index contributed by atoms with van der Waals surface area (Å²) in [5.74, 6) is 0.236. The van der Waals surface area contributed by atoms with Gasteiger partial charge in [-0.3, -0.25) is 4.79 Å². The Morgan fingerprint density at radius 3 is 2.80 bits per heavy atom. The molecule has 2 heterocycles. The van der Waals surface area contributed by atoms with Gasteiger partial charge in [-0.15, -0.1) is 0 Å². The lowest BCUT2D eigenvalue weighted by Gasteiger charge is -2.33. The van der Waals surface area contributed by atoms with Gasteiger partial charge >= 0.3 is 0 Å². The Morgan fingerprint density at radius 2 is 2.05 bits per heavy atom. The summed E-state index contributed by atoms with van der Waals surface area (Å²) in [6, 6.07) is 9.76. The minimum atomic E-state index is 0.171. The molecule has 2 fully saturated rings. The van der Waals surface area contributed by atoms with E-state index in [1.54, 1.807) is 0 Å². The van der Waals surface area contributed by atoms with Crippen LogP contribution in [0, 0.1) is 16.7 Å². The molecule has 0 aliphatic carbocycles. The van der Waals surface area contributed by atoms with Crippen molar-refractivity contribution < 1.29 is 4.79 Å². The van der Waals surface area contributed by atoms with Crippen LogP contribution >= 0.6 is 0 Å². The number of piperidine rings is 1. The van der Waals surface area contributed by atoms with Gasteiger partial charge in [-0.1, -0.05) is 18.2 Å². The molecule has 0 bridgehead atoms. The molecule has 20 heavy (non-hydrogen) atoms. The van der Waals surface area contributed by atoms with Crippen molar-refractivity contribution in [1.29, 1.82) is 5.26 Å². The zero-order valence-electron chi connectivity index (χ0n) is 11.6. The topological polar surface area (TPSA) is 56.1 Å². The second kappa shape index (κ2) is 5.26. The molecule has 1 aromatic rings. The highest BCUT2D eigenvalue weighted by molar-refractivity contribution is 5.79. The Kier molecular flexibility index (Phi) is 3.45. The molecule has 0 unspecified atom stereocenters. The predicted octanol–water partition coefficient (Wildman–Crippen LogP) is 1.66. The van der Waals surface area contributed by atoms with E-state index in [1.165, 1.54) is 0 Å². The summed E-state index contributed by atoms with van der Waals surface area (Å²) in [5, 5.41) is 12.5. The lowest BCUT2D eigenvalue weighted by Crippen LogP contribution is -2.38. The molecular formula is C16H19N3O. The van der Waals surface area contributed by atoms with E-state index in [0.717, 1.165) is 38.0 Å². The zero-order valence-corrected chi connectivity index (χ0v) is 11.6. The first kappa shape index (κ1) is 13.1. The maximum Gasteiger partial charge on any atom is 0.223 e. The van der Waals surface area contributed by atoms with Gasteiger partial charge in [0.25, 0.3) is 0 Å². The van der Waals surface area contributed by atoms with E-state index in [9.17, 15) is 4.79 Å². The molecule has 0 saturated carbocycles. The largest absolute Gasteiger partial charge is 0.338 e. The Morgan fingerprint density at radius 1 is 1.30 bits per heavy atom. The van der Waals surface area contributed by atoms with Gasteiger partial charge in [0.05, 0.1) is 11.6 Å².